The van der Waals surface area contributed by atoms with Crippen molar-refractivity contribution in [2.75, 3.05) is 17.2 Å². The van der Waals surface area contributed by atoms with Gasteiger partial charge in [0.2, 0.25) is 5.91 Å². The van der Waals surface area contributed by atoms with Crippen LogP contribution in [-0.2, 0) is 10.2 Å². The molecule has 0 radical (unpaired) electrons. The van der Waals surface area contributed by atoms with E-state index in [1.165, 1.54) is 0 Å². The third kappa shape index (κ3) is 4.67. The van der Waals surface area contributed by atoms with E-state index in [1.807, 2.05) is 38.1 Å². The Balaban J connectivity index is 1.43. The van der Waals surface area contributed by atoms with Crippen LogP contribution in [0.15, 0.2) is 60.7 Å². The Morgan fingerprint density at radius 1 is 1.02 bits per heavy atom. The summed E-state index contributed by atoms with van der Waals surface area (Å²) in [6, 6.07) is 17.6. The molecular weight excluding hydrogens is 551 g/mol. The van der Waals surface area contributed by atoms with E-state index >= 15 is 4.39 Å². The zero-order chi connectivity index (χ0) is 29.6. The highest BCUT2D eigenvalue weighted by molar-refractivity contribution is 6.30. The average Bonchev–Trinajstić information content (AvgIpc) is 3.47. The van der Waals surface area contributed by atoms with Gasteiger partial charge >= 0.3 is 0 Å². The van der Waals surface area contributed by atoms with Gasteiger partial charge in [-0.15, -0.1) is 0 Å². The Morgan fingerprint density at radius 3 is 2.48 bits per heavy atom. The zero-order valence-electron chi connectivity index (χ0n) is 24.3. The molecule has 6 rings (SSSR count). The van der Waals surface area contributed by atoms with Crippen molar-refractivity contribution in [2.45, 2.75) is 81.8 Å². The lowest BCUT2D eigenvalue weighted by molar-refractivity contribution is -0.118. The topological polar surface area (TPSA) is 82.3 Å². The van der Waals surface area contributed by atoms with Crippen LogP contribution in [0.4, 0.5) is 15.8 Å². The number of anilines is 2. The molecule has 3 aromatic carbocycles. The molecule has 1 aliphatic carbocycles. The molecule has 4 N–H and O–H groups in total. The summed E-state index contributed by atoms with van der Waals surface area (Å²) >= 11 is 6.42. The first-order valence-electron chi connectivity index (χ1n) is 14.9. The highest BCUT2D eigenvalue weighted by atomic mass is 35.5. The molecule has 8 heteroatoms. The first-order valence-corrected chi connectivity index (χ1v) is 15.3. The van der Waals surface area contributed by atoms with Crippen LogP contribution < -0.4 is 21.3 Å². The van der Waals surface area contributed by atoms with Gasteiger partial charge in [0.05, 0.1) is 6.04 Å². The second-order valence-electron chi connectivity index (χ2n) is 12.4. The second kappa shape index (κ2) is 11.0. The summed E-state index contributed by atoms with van der Waals surface area (Å²) < 4.78 is 16.1. The number of aryl methyl sites for hydroxylation is 1. The van der Waals surface area contributed by atoms with E-state index in [2.05, 4.69) is 27.3 Å². The number of hydrogen-bond acceptors (Lipinski definition) is 4. The van der Waals surface area contributed by atoms with Crippen molar-refractivity contribution in [3.8, 4) is 0 Å². The van der Waals surface area contributed by atoms with Crippen LogP contribution in [0.1, 0.15) is 78.9 Å². The highest BCUT2D eigenvalue weighted by Gasteiger charge is 2.68. The maximum atomic E-state index is 16.1. The Bertz CT molecular complexity index is 1520. The summed E-state index contributed by atoms with van der Waals surface area (Å²) in [5, 5.41) is 14.1. The first-order chi connectivity index (χ1) is 20.1. The Hall–Kier alpha value is -3.42. The quantitative estimate of drug-likeness (QED) is 0.268. The molecule has 2 spiro atoms. The minimum atomic E-state index is -0.688. The van der Waals surface area contributed by atoms with Crippen LogP contribution in [0.3, 0.4) is 0 Å². The van der Waals surface area contributed by atoms with Crippen LogP contribution in [0, 0.1) is 12.7 Å². The molecule has 0 bridgehead atoms. The van der Waals surface area contributed by atoms with Gasteiger partial charge in [0, 0.05) is 51.4 Å². The van der Waals surface area contributed by atoms with Crippen molar-refractivity contribution in [3.63, 3.8) is 0 Å². The third-order valence-electron chi connectivity index (χ3n) is 9.55. The molecule has 6 nitrogen and oxygen atoms in total. The molecule has 0 unspecified atom stereocenters. The van der Waals surface area contributed by atoms with Gasteiger partial charge in [0.25, 0.3) is 5.91 Å². The fraction of sp³-hybridized carbons (Fsp3) is 0.412. The van der Waals surface area contributed by atoms with Crippen LogP contribution in [0.25, 0.3) is 0 Å². The minimum absolute atomic E-state index is 0.0231. The molecule has 3 atom stereocenters. The molecule has 2 amide bonds. The van der Waals surface area contributed by atoms with Crippen LogP contribution >= 0.6 is 11.6 Å². The van der Waals surface area contributed by atoms with E-state index in [1.54, 1.807) is 37.3 Å². The Labute approximate surface area is 251 Å². The molecule has 3 aromatic rings. The van der Waals surface area contributed by atoms with Crippen molar-refractivity contribution < 1.29 is 14.0 Å². The molecule has 220 valence electrons. The highest BCUT2D eigenvalue weighted by Crippen LogP contribution is 2.62. The van der Waals surface area contributed by atoms with Crippen molar-refractivity contribution >= 4 is 34.8 Å². The number of fused-ring (bicyclic) bond motifs is 3. The van der Waals surface area contributed by atoms with Gasteiger partial charge in [-0.1, -0.05) is 55.1 Å². The number of amides is 2. The van der Waals surface area contributed by atoms with Gasteiger partial charge in [0.15, 0.2) is 0 Å². The summed E-state index contributed by atoms with van der Waals surface area (Å²) in [6.45, 7) is 6.18. The molecule has 1 saturated carbocycles. The minimum Gasteiger partial charge on any atom is -0.384 e. The van der Waals surface area contributed by atoms with Gasteiger partial charge in [-0.2, -0.15) is 0 Å². The molecule has 2 fully saturated rings. The number of carbonyl (C=O) groups is 2. The predicted molar refractivity (Wildman–Crippen MR) is 166 cm³/mol. The van der Waals surface area contributed by atoms with E-state index in [0.717, 1.165) is 43.4 Å². The van der Waals surface area contributed by atoms with Gasteiger partial charge in [-0.3, -0.25) is 14.9 Å². The van der Waals surface area contributed by atoms with Gasteiger partial charge in [-0.25, -0.2) is 4.39 Å². The maximum Gasteiger partial charge on any atom is 0.251 e. The van der Waals surface area contributed by atoms with Crippen molar-refractivity contribution in [1.29, 1.82) is 0 Å². The van der Waals surface area contributed by atoms with E-state index in [0.29, 0.717) is 33.9 Å². The molecule has 0 aromatic heterocycles. The smallest absolute Gasteiger partial charge is 0.251 e. The Kier molecular flexibility index (Phi) is 7.52. The number of rotatable bonds is 5. The number of carbonyl (C=O) groups excluding carboxylic acids is 2. The van der Waals surface area contributed by atoms with Crippen molar-refractivity contribution in [2.24, 2.45) is 0 Å². The van der Waals surface area contributed by atoms with Crippen LogP contribution in [-0.4, -0.2) is 36.0 Å². The lowest BCUT2D eigenvalue weighted by Gasteiger charge is -2.48. The molecule has 42 heavy (non-hydrogen) atoms. The van der Waals surface area contributed by atoms with Crippen LogP contribution in [0.2, 0.25) is 5.02 Å². The number of hydrogen-bond donors (Lipinski definition) is 4. The molecule has 1 saturated heterocycles. The summed E-state index contributed by atoms with van der Waals surface area (Å²) in [6.07, 6.45) is 5.00. The third-order valence-corrected chi connectivity index (χ3v) is 9.79. The fourth-order valence-electron chi connectivity index (χ4n) is 7.77. The zero-order valence-corrected chi connectivity index (χ0v) is 25.1. The monoisotopic (exact) mass is 588 g/mol. The summed E-state index contributed by atoms with van der Waals surface area (Å²) in [5.74, 6) is -1.12. The molecule has 3 aliphatic rings. The van der Waals surface area contributed by atoms with E-state index in [9.17, 15) is 9.59 Å². The van der Waals surface area contributed by atoms with E-state index in [4.69, 9.17) is 11.6 Å². The van der Waals surface area contributed by atoms with Gasteiger partial charge < -0.3 is 16.0 Å². The van der Waals surface area contributed by atoms with Gasteiger partial charge in [0.1, 0.15) is 5.82 Å². The second-order valence-corrected chi connectivity index (χ2v) is 12.9. The SMILES string of the molecule is Cc1cccc([C@H]2[C@H](C(=O)Nc3ccc(C(=O)NC(C)C)cc3)NC3(CCCCC3)[C@@]23CNc2cc(Cl)ccc23)c1F. The summed E-state index contributed by atoms with van der Waals surface area (Å²) in [7, 11) is 0. The number of nitrogens with one attached hydrogen (secondary N) is 4. The molecule has 2 heterocycles. The largest absolute Gasteiger partial charge is 0.384 e. The van der Waals surface area contributed by atoms with E-state index in [-0.39, 0.29) is 23.7 Å². The summed E-state index contributed by atoms with van der Waals surface area (Å²) in [5.41, 5.74) is 3.28. The standard InChI is InChI=1S/C34H38ClFN4O2/c1-20(2)38-31(41)22-10-13-24(14-11-22)39-32(42)30-28(25-9-7-8-21(3)29(25)36)34(33(40-30)16-5-4-6-17-33)19-37-27-18-23(35)12-15-26(27)34/h7-15,18,20,28,30,37,40H,4-6,16-17,19H2,1-3H3,(H,38,41)(H,39,42)/t28-,30+,34+/m0/s1. The van der Waals surface area contributed by atoms with E-state index < -0.39 is 22.9 Å². The van der Waals surface area contributed by atoms with Crippen molar-refractivity contribution in [1.82, 2.24) is 10.6 Å². The van der Waals surface area contributed by atoms with Gasteiger partial charge in [-0.05, 0) is 86.7 Å². The summed E-state index contributed by atoms with van der Waals surface area (Å²) in [4.78, 5) is 26.7. The normalized spacial score (nSPS) is 24.0. The lowest BCUT2D eigenvalue weighted by atomic mass is 9.56. The molecular formula is C34H38ClFN4O2. The fourth-order valence-corrected chi connectivity index (χ4v) is 7.94. The molecule has 2 aliphatic heterocycles. The average molecular weight is 589 g/mol. The first kappa shape index (κ1) is 28.7. The maximum absolute atomic E-state index is 16.1. The predicted octanol–water partition coefficient (Wildman–Crippen LogP) is 6.69. The van der Waals surface area contributed by atoms with Crippen LogP contribution in [0.5, 0.6) is 0 Å². The number of benzene rings is 3. The van der Waals surface area contributed by atoms with Crippen molar-refractivity contribution in [3.05, 3.63) is 93.8 Å². The number of halogens is 2. The lowest BCUT2D eigenvalue weighted by Crippen LogP contribution is -2.58. The Morgan fingerprint density at radius 2 is 1.76 bits per heavy atom.